The summed E-state index contributed by atoms with van der Waals surface area (Å²) in [4.78, 5) is 30.2. The zero-order chi connectivity index (χ0) is 40.0. The van der Waals surface area contributed by atoms with Gasteiger partial charge in [-0.15, -0.1) is 0 Å². The van der Waals surface area contributed by atoms with Crippen molar-refractivity contribution in [3.05, 3.63) is 59.7 Å². The molecule has 0 saturated heterocycles. The molecule has 2 rings (SSSR count). The second-order valence-corrected chi connectivity index (χ2v) is 29.1. The van der Waals surface area contributed by atoms with Crippen LogP contribution in [-0.2, 0) is 19.8 Å². The van der Waals surface area contributed by atoms with Crippen LogP contribution in [0.1, 0.15) is 179 Å². The van der Waals surface area contributed by atoms with E-state index in [4.69, 9.17) is 9.05 Å². The van der Waals surface area contributed by atoms with Crippen LogP contribution < -0.4 is 0 Å². The van der Waals surface area contributed by atoms with E-state index in [1.54, 1.807) is 24.3 Å². The standard InChI is InChI=1S/C46H80O5P2S/c1-9-17-33-52(34-18-10-2,35-19-11-3,36-20-12-4)50-45(47)41-29-25-27-31-43(41)54(49)44-32-28-26-30-42(44)46(48)51-53(37-21-13-5,38-22-14-6,39-23-15-7)40-24-16-8/h25-32H,9-24,33-40H2,1-8H3. The van der Waals surface area contributed by atoms with Crippen LogP contribution in [0, 0.1) is 0 Å². The monoisotopic (exact) mass is 807 g/mol. The predicted molar refractivity (Wildman–Crippen MR) is 240 cm³/mol. The summed E-state index contributed by atoms with van der Waals surface area (Å²) in [5.41, 5.74) is 0.704. The van der Waals surface area contributed by atoms with Crippen LogP contribution in [0.15, 0.2) is 58.3 Å². The van der Waals surface area contributed by atoms with Crippen molar-refractivity contribution in [2.75, 3.05) is 49.3 Å². The summed E-state index contributed by atoms with van der Waals surface area (Å²) in [5.74, 6) is -0.696. The Bertz CT molecular complexity index is 1250. The molecule has 0 radical (unpaired) electrons. The van der Waals surface area contributed by atoms with Crippen molar-refractivity contribution < 1.29 is 22.8 Å². The van der Waals surface area contributed by atoms with Crippen molar-refractivity contribution in [2.24, 2.45) is 0 Å². The number of carbonyl (C=O) groups excluding carboxylic acids is 2. The van der Waals surface area contributed by atoms with Gasteiger partial charge in [-0.2, -0.15) is 0 Å². The first kappa shape index (κ1) is 48.5. The van der Waals surface area contributed by atoms with E-state index in [0.29, 0.717) is 20.9 Å². The zero-order valence-corrected chi connectivity index (χ0v) is 38.5. The van der Waals surface area contributed by atoms with Gasteiger partial charge in [-0.3, -0.25) is 0 Å². The van der Waals surface area contributed by atoms with Gasteiger partial charge in [0, 0.05) is 0 Å². The van der Waals surface area contributed by atoms with Gasteiger partial charge in [0.25, 0.3) is 0 Å². The van der Waals surface area contributed by atoms with Crippen LogP contribution in [0.25, 0.3) is 0 Å². The fourth-order valence-corrected chi connectivity index (χ4v) is 23.3. The fraction of sp³-hybridized carbons (Fsp3) is 0.696. The summed E-state index contributed by atoms with van der Waals surface area (Å²) in [6, 6.07) is 14.5. The molecule has 0 unspecified atom stereocenters. The summed E-state index contributed by atoms with van der Waals surface area (Å²) in [6.45, 7) is 11.9. The van der Waals surface area contributed by atoms with E-state index in [2.05, 4.69) is 55.4 Å². The molecular weight excluding hydrogens is 727 g/mol. The minimum absolute atomic E-state index is 0.348. The Morgan fingerprint density at radius 1 is 0.426 bits per heavy atom. The van der Waals surface area contributed by atoms with Crippen LogP contribution >= 0.6 is 13.7 Å². The Balaban J connectivity index is 2.72. The molecule has 0 N–H and O–H groups in total. The van der Waals surface area contributed by atoms with E-state index in [9.17, 15) is 13.8 Å². The molecule has 0 fully saturated rings. The fourth-order valence-electron chi connectivity index (χ4n) is 8.45. The molecule has 0 aliphatic rings. The van der Waals surface area contributed by atoms with Crippen molar-refractivity contribution in [1.29, 1.82) is 0 Å². The summed E-state index contributed by atoms with van der Waals surface area (Å²) < 4.78 is 29.1. The summed E-state index contributed by atoms with van der Waals surface area (Å²) in [6.07, 6.45) is 24.6. The third-order valence-electron chi connectivity index (χ3n) is 11.9. The number of carbonyl (C=O) groups is 2. The second kappa shape index (κ2) is 24.2. The molecule has 0 bridgehead atoms. The Morgan fingerprint density at radius 2 is 0.648 bits per heavy atom. The van der Waals surface area contributed by atoms with Crippen LogP contribution in [-0.4, -0.2) is 65.4 Å². The Kier molecular flexibility index (Phi) is 21.8. The maximum absolute atomic E-state index is 14.9. The van der Waals surface area contributed by atoms with Crippen LogP contribution in [0.3, 0.4) is 0 Å². The molecule has 8 heteroatoms. The Hall–Kier alpha value is -1.61. The van der Waals surface area contributed by atoms with Crippen LogP contribution in [0.5, 0.6) is 0 Å². The van der Waals surface area contributed by atoms with E-state index < -0.39 is 24.5 Å². The summed E-state index contributed by atoms with van der Waals surface area (Å²) >= 11 is 0. The molecule has 0 aliphatic heterocycles. The number of hydrogen-bond donors (Lipinski definition) is 0. The first-order valence-corrected chi connectivity index (χ1v) is 29.0. The van der Waals surface area contributed by atoms with Gasteiger partial charge in [-0.25, -0.2) is 0 Å². The summed E-state index contributed by atoms with van der Waals surface area (Å²) in [7, 11) is -1.81. The van der Waals surface area contributed by atoms with Gasteiger partial charge < -0.3 is 0 Å². The molecule has 2 aromatic carbocycles. The number of hydrogen-bond acceptors (Lipinski definition) is 5. The van der Waals surface area contributed by atoms with Gasteiger partial charge in [0.15, 0.2) is 0 Å². The molecule has 310 valence electrons. The average molecular weight is 807 g/mol. The molecule has 0 aromatic heterocycles. The molecule has 0 atom stereocenters. The molecule has 0 aliphatic carbocycles. The third kappa shape index (κ3) is 13.2. The van der Waals surface area contributed by atoms with Crippen molar-refractivity contribution in [3.63, 3.8) is 0 Å². The maximum atomic E-state index is 14.9. The molecular formula is C46H80O5P2S. The molecule has 0 amide bonds. The number of rotatable bonds is 30. The van der Waals surface area contributed by atoms with Gasteiger partial charge in [-0.1, -0.05) is 0 Å². The first-order valence-electron chi connectivity index (χ1n) is 22.1. The van der Waals surface area contributed by atoms with Gasteiger partial charge >= 0.3 is 336 Å². The van der Waals surface area contributed by atoms with Gasteiger partial charge in [-0.05, 0) is 0 Å². The zero-order valence-electron chi connectivity index (χ0n) is 35.9. The Morgan fingerprint density at radius 3 is 0.870 bits per heavy atom. The quantitative estimate of drug-likeness (QED) is 0.0736. The van der Waals surface area contributed by atoms with Crippen molar-refractivity contribution in [1.82, 2.24) is 0 Å². The van der Waals surface area contributed by atoms with Crippen molar-refractivity contribution in [3.8, 4) is 0 Å². The van der Waals surface area contributed by atoms with E-state index in [-0.39, 0.29) is 11.9 Å². The topological polar surface area (TPSA) is 69.7 Å². The number of unbranched alkanes of at least 4 members (excludes halogenated alkanes) is 8. The van der Waals surface area contributed by atoms with Gasteiger partial charge in [0.05, 0.1) is 0 Å². The summed E-state index contributed by atoms with van der Waals surface area (Å²) in [5, 5.41) is 0. The van der Waals surface area contributed by atoms with Crippen LogP contribution in [0.2, 0.25) is 0 Å². The Labute approximate surface area is 334 Å². The SMILES string of the molecule is CCCCP(CCCC)(CCCC)(CCCC)OC(=O)c1ccccc1S(=O)c1ccccc1C(=O)OP(CCCC)(CCCC)(CCCC)CCCC. The molecule has 5 nitrogen and oxygen atoms in total. The molecule has 54 heavy (non-hydrogen) atoms. The first-order chi connectivity index (χ1) is 26.0. The normalized spacial score (nSPS) is 14.1. The predicted octanol–water partition coefficient (Wildman–Crippen LogP) is 14.5. The van der Waals surface area contributed by atoms with Crippen LogP contribution in [0.4, 0.5) is 0 Å². The molecule has 2 aromatic rings. The molecule has 0 saturated carbocycles. The van der Waals surface area contributed by atoms with E-state index >= 15 is 0 Å². The van der Waals surface area contributed by atoms with Crippen molar-refractivity contribution >= 4 is 36.4 Å². The van der Waals surface area contributed by atoms with Crippen molar-refractivity contribution in [2.45, 2.75) is 168 Å². The average Bonchev–Trinajstić information content (AvgIpc) is 3.20. The molecule has 0 spiro atoms. The van der Waals surface area contributed by atoms with Gasteiger partial charge in [0.1, 0.15) is 0 Å². The second-order valence-electron chi connectivity index (χ2n) is 16.4. The molecule has 0 heterocycles. The van der Waals surface area contributed by atoms with Gasteiger partial charge in [0.2, 0.25) is 0 Å². The van der Waals surface area contributed by atoms with E-state index in [1.165, 1.54) is 0 Å². The third-order valence-corrected chi connectivity index (χ3v) is 26.4. The minimum atomic E-state index is -2.95. The van der Waals surface area contributed by atoms with E-state index in [0.717, 1.165) is 152 Å². The number of benzene rings is 2. The van der Waals surface area contributed by atoms with E-state index in [1.807, 2.05) is 24.3 Å².